The molecule has 168 valence electrons. The summed E-state index contributed by atoms with van der Waals surface area (Å²) in [7, 11) is 0. The molecule has 0 N–H and O–H groups in total. The zero-order chi connectivity index (χ0) is 22.6. The number of amides is 3. The molecule has 8 nitrogen and oxygen atoms in total. The molecule has 0 aliphatic carbocycles. The molecule has 32 heavy (non-hydrogen) atoms. The van der Waals surface area contributed by atoms with Gasteiger partial charge in [0.25, 0.3) is 0 Å². The van der Waals surface area contributed by atoms with Gasteiger partial charge in [-0.1, -0.05) is 55.1 Å². The first-order valence-corrected chi connectivity index (χ1v) is 12.2. The molecule has 2 atom stereocenters. The minimum atomic E-state index is -0.710. The number of hydrogen-bond acceptors (Lipinski definition) is 7. The van der Waals surface area contributed by atoms with Crippen molar-refractivity contribution in [3.63, 3.8) is 0 Å². The Bertz CT molecular complexity index is 1150. The molecule has 1 aromatic heterocycles. The molecule has 0 radical (unpaired) electrons. The number of rotatable bonds is 3. The van der Waals surface area contributed by atoms with Gasteiger partial charge in [-0.05, 0) is 12.1 Å². The number of para-hydroxylation sites is 1. The van der Waals surface area contributed by atoms with Crippen LogP contribution in [0.25, 0.3) is 0 Å². The summed E-state index contributed by atoms with van der Waals surface area (Å²) in [6.07, 6.45) is 0. The van der Waals surface area contributed by atoms with Crippen molar-refractivity contribution in [3.05, 3.63) is 44.9 Å². The summed E-state index contributed by atoms with van der Waals surface area (Å²) in [5.41, 5.74) is -0.157. The fraction of sp³-hybridized carbons (Fsp3) is 0.455. The van der Waals surface area contributed by atoms with Crippen LogP contribution in [-0.2, 0) is 31.1 Å². The lowest BCUT2D eigenvalue weighted by molar-refractivity contribution is -0.136. The second-order valence-corrected chi connectivity index (χ2v) is 10.8. The highest BCUT2D eigenvalue weighted by Gasteiger charge is 2.59. The van der Waals surface area contributed by atoms with Gasteiger partial charge in [0.2, 0.25) is 17.7 Å². The van der Waals surface area contributed by atoms with E-state index in [-0.39, 0.29) is 29.1 Å². The number of carbonyl (C=O) groups excluding carboxylic acids is 3. The van der Waals surface area contributed by atoms with E-state index in [1.54, 1.807) is 29.2 Å². The maximum Gasteiger partial charge on any atom is 0.308 e. The van der Waals surface area contributed by atoms with Crippen LogP contribution in [0.15, 0.2) is 40.2 Å². The summed E-state index contributed by atoms with van der Waals surface area (Å²) in [6.45, 7) is 5.72. The third-order valence-corrected chi connectivity index (χ3v) is 9.20. The van der Waals surface area contributed by atoms with Crippen molar-refractivity contribution in [2.75, 3.05) is 31.2 Å². The maximum absolute atomic E-state index is 13.4. The second kappa shape index (κ2) is 7.86. The maximum atomic E-state index is 13.4. The predicted octanol–water partition coefficient (Wildman–Crippen LogP) is 1.71. The summed E-state index contributed by atoms with van der Waals surface area (Å²) in [4.78, 5) is 55.9. The molecule has 2 aromatic rings. The van der Waals surface area contributed by atoms with Crippen molar-refractivity contribution in [3.8, 4) is 0 Å². The Morgan fingerprint density at radius 1 is 1.09 bits per heavy atom. The van der Waals surface area contributed by atoms with E-state index in [1.807, 2.05) is 19.9 Å². The quantitative estimate of drug-likeness (QED) is 0.631. The Morgan fingerprint density at radius 2 is 1.78 bits per heavy atom. The van der Waals surface area contributed by atoms with Crippen molar-refractivity contribution in [2.24, 2.45) is 5.92 Å². The number of nitrogens with zero attached hydrogens (tertiary/aromatic N) is 3. The van der Waals surface area contributed by atoms with Gasteiger partial charge in [0.15, 0.2) is 0 Å². The van der Waals surface area contributed by atoms with Crippen molar-refractivity contribution in [2.45, 2.75) is 36.1 Å². The van der Waals surface area contributed by atoms with E-state index in [4.69, 9.17) is 4.74 Å². The molecule has 3 amide bonds. The average Bonchev–Trinajstić information content (AvgIpc) is 3.24. The summed E-state index contributed by atoms with van der Waals surface area (Å²) in [5, 5.41) is -0.00661. The number of thiazole rings is 1. The van der Waals surface area contributed by atoms with Crippen LogP contribution in [0.5, 0.6) is 0 Å². The average molecular weight is 474 g/mol. The number of ether oxygens (including phenoxy) is 1. The fourth-order valence-electron chi connectivity index (χ4n) is 4.65. The zero-order valence-electron chi connectivity index (χ0n) is 17.8. The SMILES string of the molecule is CC1(C)c2sc(=O)n(CC(=O)N3CCOCC3)c2SC2C(=O)N(c3ccccc3)C(=O)C21. The number of morpholine rings is 1. The Morgan fingerprint density at radius 3 is 2.47 bits per heavy atom. The highest BCUT2D eigenvalue weighted by Crippen LogP contribution is 2.54. The van der Waals surface area contributed by atoms with Crippen LogP contribution in [0, 0.1) is 5.92 Å². The molecular weight excluding hydrogens is 450 g/mol. The van der Waals surface area contributed by atoms with Gasteiger partial charge >= 0.3 is 4.87 Å². The molecule has 2 fully saturated rings. The van der Waals surface area contributed by atoms with E-state index >= 15 is 0 Å². The summed E-state index contributed by atoms with van der Waals surface area (Å²) >= 11 is 2.31. The molecule has 1 aromatic carbocycles. The van der Waals surface area contributed by atoms with Gasteiger partial charge in [-0.25, -0.2) is 4.90 Å². The molecule has 3 aliphatic heterocycles. The lowest BCUT2D eigenvalue weighted by Crippen LogP contribution is -2.44. The Hall–Kier alpha value is -2.43. The van der Waals surface area contributed by atoms with Crippen molar-refractivity contribution in [1.29, 1.82) is 0 Å². The summed E-state index contributed by atoms with van der Waals surface area (Å²) < 4.78 is 6.78. The first-order valence-electron chi connectivity index (χ1n) is 10.5. The van der Waals surface area contributed by atoms with Crippen LogP contribution < -0.4 is 9.77 Å². The largest absolute Gasteiger partial charge is 0.378 e. The lowest BCUT2D eigenvalue weighted by Gasteiger charge is -2.36. The molecular formula is C22H23N3O5S2. The van der Waals surface area contributed by atoms with Crippen molar-refractivity contribution >= 4 is 46.5 Å². The number of imide groups is 1. The number of carbonyl (C=O) groups is 3. The summed E-state index contributed by atoms with van der Waals surface area (Å²) in [5.74, 6) is -1.24. The minimum absolute atomic E-state index is 0.0737. The normalized spacial score (nSPS) is 24.4. The molecule has 2 unspecified atom stereocenters. The van der Waals surface area contributed by atoms with Gasteiger partial charge in [0.1, 0.15) is 11.8 Å². The van der Waals surface area contributed by atoms with Crippen LogP contribution in [0.3, 0.4) is 0 Å². The topological polar surface area (TPSA) is 88.9 Å². The fourth-order valence-corrected chi connectivity index (χ4v) is 7.69. The van der Waals surface area contributed by atoms with E-state index < -0.39 is 16.6 Å². The minimum Gasteiger partial charge on any atom is -0.378 e. The van der Waals surface area contributed by atoms with E-state index in [2.05, 4.69) is 0 Å². The number of fused-ring (bicyclic) bond motifs is 2. The van der Waals surface area contributed by atoms with Crippen LogP contribution in [-0.4, -0.2) is 58.7 Å². The van der Waals surface area contributed by atoms with Crippen LogP contribution >= 0.6 is 23.1 Å². The molecule has 0 saturated carbocycles. The second-order valence-electron chi connectivity index (χ2n) is 8.67. The van der Waals surface area contributed by atoms with Crippen molar-refractivity contribution in [1.82, 2.24) is 9.47 Å². The van der Waals surface area contributed by atoms with E-state index in [1.165, 1.54) is 21.2 Å². The third-order valence-electron chi connectivity index (χ3n) is 6.38. The van der Waals surface area contributed by atoms with Gasteiger partial charge in [-0.2, -0.15) is 0 Å². The smallest absolute Gasteiger partial charge is 0.308 e. The van der Waals surface area contributed by atoms with Gasteiger partial charge in [-0.15, -0.1) is 0 Å². The van der Waals surface area contributed by atoms with Gasteiger partial charge in [0, 0.05) is 23.4 Å². The number of hydrogen-bond donors (Lipinski definition) is 0. The molecule has 3 aliphatic rings. The van der Waals surface area contributed by atoms with E-state index in [0.717, 1.165) is 16.2 Å². The molecule has 10 heteroatoms. The lowest BCUT2D eigenvalue weighted by atomic mass is 9.76. The van der Waals surface area contributed by atoms with Gasteiger partial charge in [-0.3, -0.25) is 23.7 Å². The highest BCUT2D eigenvalue weighted by molar-refractivity contribution is 8.00. The molecule has 4 heterocycles. The number of benzene rings is 1. The van der Waals surface area contributed by atoms with Crippen LogP contribution in [0.2, 0.25) is 0 Å². The van der Waals surface area contributed by atoms with Crippen molar-refractivity contribution < 1.29 is 19.1 Å². The predicted molar refractivity (Wildman–Crippen MR) is 121 cm³/mol. The van der Waals surface area contributed by atoms with E-state index in [9.17, 15) is 19.2 Å². The molecule has 5 rings (SSSR count). The number of thioether (sulfide) groups is 1. The highest BCUT2D eigenvalue weighted by atomic mass is 32.2. The molecule has 0 bridgehead atoms. The molecule has 0 spiro atoms. The van der Waals surface area contributed by atoms with Gasteiger partial charge < -0.3 is 9.64 Å². The van der Waals surface area contributed by atoms with Crippen LogP contribution in [0.1, 0.15) is 18.7 Å². The zero-order valence-corrected chi connectivity index (χ0v) is 19.4. The number of anilines is 1. The van der Waals surface area contributed by atoms with Gasteiger partial charge in [0.05, 0.1) is 29.8 Å². The first-order chi connectivity index (χ1) is 15.3. The third kappa shape index (κ3) is 3.23. The Kier molecular flexibility index (Phi) is 5.26. The standard InChI is InChI=1S/C22H23N3O5S2/c1-22(2)15-16(19(28)25(18(15)27)13-6-4-3-5-7-13)31-20-17(22)32-21(29)24(20)12-14(26)23-8-10-30-11-9-23/h3-7,15-16H,8-12H2,1-2H3. The Labute approximate surface area is 193 Å². The first kappa shape index (κ1) is 21.4. The van der Waals surface area contributed by atoms with Crippen LogP contribution in [0.4, 0.5) is 5.69 Å². The van der Waals surface area contributed by atoms with E-state index in [0.29, 0.717) is 37.0 Å². The molecule has 2 saturated heterocycles. The Balaban J connectivity index is 1.50. The monoisotopic (exact) mass is 473 g/mol. The number of aromatic nitrogens is 1. The summed E-state index contributed by atoms with van der Waals surface area (Å²) in [6, 6.07) is 8.92.